The number of nitrogens with two attached hydrogens (primary N) is 1. The highest BCUT2D eigenvalue weighted by atomic mass is 19.1. The Kier molecular flexibility index (Phi) is 2.37. The van der Waals surface area contributed by atoms with Crippen molar-refractivity contribution >= 4 is 0 Å². The van der Waals surface area contributed by atoms with Crippen LogP contribution >= 0.6 is 0 Å². The van der Waals surface area contributed by atoms with E-state index in [0.717, 1.165) is 6.07 Å². The maximum absolute atomic E-state index is 13.2. The topological polar surface area (TPSA) is 84.9 Å². The molecule has 0 aliphatic carbocycles. The predicted octanol–water partition coefficient (Wildman–Crippen LogP) is 0.252. The van der Waals surface area contributed by atoms with Crippen LogP contribution in [0, 0.1) is 5.82 Å². The van der Waals surface area contributed by atoms with Gasteiger partial charge in [0.25, 0.3) is 0 Å². The molecular formula is C9H10FNO4. The van der Waals surface area contributed by atoms with Crippen LogP contribution in [0.25, 0.3) is 0 Å². The van der Waals surface area contributed by atoms with Gasteiger partial charge in [0.05, 0.1) is 11.7 Å². The molecule has 0 fully saturated rings. The third-order valence-electron chi connectivity index (χ3n) is 2.18. The minimum absolute atomic E-state index is 0.0648. The molecular weight excluding hydrogens is 205 g/mol. The molecule has 82 valence electrons. The summed E-state index contributed by atoms with van der Waals surface area (Å²) in [5.74, 6) is -1.22. The van der Waals surface area contributed by atoms with Gasteiger partial charge in [0.1, 0.15) is 0 Å². The Morgan fingerprint density at radius 2 is 2.27 bits per heavy atom. The summed E-state index contributed by atoms with van der Waals surface area (Å²) in [5.41, 5.74) is 5.17. The van der Waals surface area contributed by atoms with E-state index in [1.165, 1.54) is 0 Å². The lowest BCUT2D eigenvalue weighted by Gasteiger charge is -2.13. The fraction of sp³-hybridized carbons (Fsp3) is 0.333. The minimum atomic E-state index is -1.18. The number of phenolic OH excluding ortho intramolecular Hbond substituents is 1. The average Bonchev–Trinajstić information content (AvgIpc) is 2.66. The Morgan fingerprint density at radius 1 is 1.53 bits per heavy atom. The van der Waals surface area contributed by atoms with Crippen LogP contribution in [0.5, 0.6) is 17.2 Å². The number of ether oxygens (including phenoxy) is 2. The van der Waals surface area contributed by atoms with Crippen LogP contribution in [-0.4, -0.2) is 23.6 Å². The van der Waals surface area contributed by atoms with Crippen LogP contribution in [-0.2, 0) is 0 Å². The summed E-state index contributed by atoms with van der Waals surface area (Å²) in [6.45, 7) is -0.213. The molecule has 0 saturated carbocycles. The first kappa shape index (κ1) is 10.0. The number of phenols is 1. The number of aliphatic hydroxyl groups excluding tert-OH is 1. The maximum Gasteiger partial charge on any atom is 0.231 e. The second-order valence-electron chi connectivity index (χ2n) is 3.11. The van der Waals surface area contributed by atoms with Gasteiger partial charge in [-0.2, -0.15) is 0 Å². The molecule has 1 aliphatic rings. The van der Waals surface area contributed by atoms with Gasteiger partial charge in [-0.3, -0.25) is 0 Å². The number of rotatable bonds is 2. The molecule has 1 heterocycles. The summed E-state index contributed by atoms with van der Waals surface area (Å²) in [6, 6.07) is 1.00. The molecule has 0 aromatic heterocycles. The summed E-state index contributed by atoms with van der Waals surface area (Å²) < 4.78 is 23.2. The van der Waals surface area contributed by atoms with Gasteiger partial charge < -0.3 is 25.4 Å². The molecule has 0 bridgehead atoms. The number of hydrogen-bond donors (Lipinski definition) is 3. The van der Waals surface area contributed by atoms with Gasteiger partial charge in [0, 0.05) is 12.6 Å². The largest absolute Gasteiger partial charge is 0.504 e. The summed E-state index contributed by atoms with van der Waals surface area (Å²) >= 11 is 0. The Balaban J connectivity index is 2.60. The number of aliphatic hydroxyl groups is 1. The Morgan fingerprint density at radius 3 is 2.93 bits per heavy atom. The quantitative estimate of drug-likeness (QED) is 0.658. The summed E-state index contributed by atoms with van der Waals surface area (Å²) in [5, 5.41) is 18.9. The molecule has 2 rings (SSSR count). The molecule has 4 N–H and O–H groups in total. The minimum Gasteiger partial charge on any atom is -0.504 e. The molecule has 6 heteroatoms. The van der Waals surface area contributed by atoms with E-state index in [0.29, 0.717) is 0 Å². The van der Waals surface area contributed by atoms with Crippen LogP contribution in [0.3, 0.4) is 0 Å². The van der Waals surface area contributed by atoms with Gasteiger partial charge in [-0.25, -0.2) is 4.39 Å². The average molecular weight is 215 g/mol. The van der Waals surface area contributed by atoms with Gasteiger partial charge >= 0.3 is 0 Å². The van der Waals surface area contributed by atoms with Crippen LogP contribution < -0.4 is 15.2 Å². The molecule has 0 radical (unpaired) electrons. The van der Waals surface area contributed by atoms with Crippen molar-refractivity contribution in [3.63, 3.8) is 0 Å². The highest BCUT2D eigenvalue weighted by molar-refractivity contribution is 5.56. The molecule has 1 aliphatic heterocycles. The first-order chi connectivity index (χ1) is 7.15. The van der Waals surface area contributed by atoms with E-state index in [2.05, 4.69) is 0 Å². The summed E-state index contributed by atoms with van der Waals surface area (Å²) in [7, 11) is 0. The van der Waals surface area contributed by atoms with E-state index < -0.39 is 17.7 Å². The standard InChI is InChI=1S/C9H10FNO4/c10-4-1-6-9(15-3-14-6)7(8(4)13)5(12)2-11/h1,5,12-13H,2-3,11H2. The zero-order chi connectivity index (χ0) is 11.0. The van der Waals surface area contributed by atoms with Crippen LogP contribution in [0.1, 0.15) is 11.7 Å². The van der Waals surface area contributed by atoms with Crippen LogP contribution in [0.15, 0.2) is 6.07 Å². The van der Waals surface area contributed by atoms with Gasteiger partial charge in [0.15, 0.2) is 23.1 Å². The molecule has 0 saturated heterocycles. The van der Waals surface area contributed by atoms with Crippen molar-refractivity contribution < 1.29 is 24.1 Å². The second kappa shape index (κ2) is 3.56. The molecule has 15 heavy (non-hydrogen) atoms. The van der Waals surface area contributed by atoms with Crippen LogP contribution in [0.4, 0.5) is 4.39 Å². The number of aromatic hydroxyl groups is 1. The smallest absolute Gasteiger partial charge is 0.231 e. The van der Waals surface area contributed by atoms with Gasteiger partial charge in [-0.15, -0.1) is 0 Å². The third kappa shape index (κ3) is 1.47. The lowest BCUT2D eigenvalue weighted by molar-refractivity contribution is 0.158. The molecule has 0 amide bonds. The Labute approximate surface area is 84.8 Å². The van der Waals surface area contributed by atoms with E-state index in [1.807, 2.05) is 0 Å². The number of hydrogen-bond acceptors (Lipinski definition) is 5. The summed E-state index contributed by atoms with van der Waals surface area (Å²) in [4.78, 5) is 0. The zero-order valence-electron chi connectivity index (χ0n) is 7.74. The first-order valence-corrected chi connectivity index (χ1v) is 4.34. The Bertz CT molecular complexity index is 396. The van der Waals surface area contributed by atoms with Crippen molar-refractivity contribution in [1.29, 1.82) is 0 Å². The van der Waals surface area contributed by atoms with Crippen molar-refractivity contribution in [2.24, 2.45) is 5.73 Å². The molecule has 1 atom stereocenters. The number of benzene rings is 1. The first-order valence-electron chi connectivity index (χ1n) is 4.34. The van der Waals surface area contributed by atoms with Crippen molar-refractivity contribution in [2.75, 3.05) is 13.3 Å². The fourth-order valence-corrected chi connectivity index (χ4v) is 1.45. The van der Waals surface area contributed by atoms with E-state index in [4.69, 9.17) is 15.2 Å². The van der Waals surface area contributed by atoms with Gasteiger partial charge in [0.2, 0.25) is 6.79 Å². The normalized spacial score (nSPS) is 15.4. The monoisotopic (exact) mass is 215 g/mol. The maximum atomic E-state index is 13.2. The number of halogens is 1. The SMILES string of the molecule is NCC(O)c1c(O)c(F)cc2c1OCO2. The van der Waals surface area contributed by atoms with Crippen molar-refractivity contribution in [1.82, 2.24) is 0 Å². The Hall–Kier alpha value is -1.53. The van der Waals surface area contributed by atoms with Crippen molar-refractivity contribution in [2.45, 2.75) is 6.10 Å². The van der Waals surface area contributed by atoms with Gasteiger partial charge in [-0.05, 0) is 0 Å². The lowest BCUT2D eigenvalue weighted by Crippen LogP contribution is -2.12. The third-order valence-corrected chi connectivity index (χ3v) is 2.18. The molecule has 0 spiro atoms. The highest BCUT2D eigenvalue weighted by Gasteiger charge is 2.28. The fourth-order valence-electron chi connectivity index (χ4n) is 1.45. The zero-order valence-corrected chi connectivity index (χ0v) is 7.74. The van der Waals surface area contributed by atoms with E-state index in [9.17, 15) is 14.6 Å². The molecule has 1 aromatic carbocycles. The lowest BCUT2D eigenvalue weighted by atomic mass is 10.1. The molecule has 1 unspecified atom stereocenters. The van der Waals surface area contributed by atoms with Crippen molar-refractivity contribution in [3.05, 3.63) is 17.4 Å². The van der Waals surface area contributed by atoms with Gasteiger partial charge in [-0.1, -0.05) is 0 Å². The number of fused-ring (bicyclic) bond motifs is 1. The summed E-state index contributed by atoms with van der Waals surface area (Å²) in [6.07, 6.45) is -1.18. The van der Waals surface area contributed by atoms with Crippen LogP contribution in [0.2, 0.25) is 0 Å². The highest BCUT2D eigenvalue weighted by Crippen LogP contribution is 2.44. The second-order valence-corrected chi connectivity index (χ2v) is 3.11. The molecule has 1 aromatic rings. The van der Waals surface area contributed by atoms with E-state index >= 15 is 0 Å². The van der Waals surface area contributed by atoms with E-state index in [1.54, 1.807) is 0 Å². The predicted molar refractivity (Wildman–Crippen MR) is 48.2 cm³/mol. The van der Waals surface area contributed by atoms with E-state index in [-0.39, 0.29) is 30.4 Å². The molecule has 5 nitrogen and oxygen atoms in total. The van der Waals surface area contributed by atoms with Crippen molar-refractivity contribution in [3.8, 4) is 17.2 Å².